The molecule has 0 heterocycles. The van der Waals surface area contributed by atoms with Crippen molar-refractivity contribution >= 4 is 15.9 Å². The first-order valence-corrected chi connectivity index (χ1v) is 6.58. The lowest BCUT2D eigenvalue weighted by atomic mass is 9.89. The highest BCUT2D eigenvalue weighted by Gasteiger charge is 2.49. The van der Waals surface area contributed by atoms with Crippen molar-refractivity contribution < 1.29 is 18.3 Å². The van der Waals surface area contributed by atoms with E-state index in [0.29, 0.717) is 0 Å². The van der Waals surface area contributed by atoms with Crippen molar-refractivity contribution in [3.05, 3.63) is 33.8 Å². The summed E-state index contributed by atoms with van der Waals surface area (Å²) in [5.41, 5.74) is 0.673. The summed E-state index contributed by atoms with van der Waals surface area (Å²) in [6.45, 7) is 1.69. The SMILES string of the molecule is CC(O)C1(c2cc(CC(F)(F)F)ccc2Br)CC1. The van der Waals surface area contributed by atoms with Crippen molar-refractivity contribution in [1.29, 1.82) is 0 Å². The van der Waals surface area contributed by atoms with Crippen LogP contribution >= 0.6 is 15.9 Å². The van der Waals surface area contributed by atoms with Gasteiger partial charge in [-0.1, -0.05) is 28.1 Å². The first kappa shape index (κ1) is 13.9. The van der Waals surface area contributed by atoms with Gasteiger partial charge in [-0.15, -0.1) is 0 Å². The molecular formula is C13H14BrF3O. The van der Waals surface area contributed by atoms with E-state index in [1.807, 2.05) is 0 Å². The summed E-state index contributed by atoms with van der Waals surface area (Å²) in [4.78, 5) is 0. The van der Waals surface area contributed by atoms with Crippen molar-refractivity contribution in [2.45, 2.75) is 43.9 Å². The highest BCUT2D eigenvalue weighted by atomic mass is 79.9. The topological polar surface area (TPSA) is 20.2 Å². The molecule has 1 aliphatic carbocycles. The summed E-state index contributed by atoms with van der Waals surface area (Å²) in [6, 6.07) is 4.68. The average molecular weight is 323 g/mol. The molecular weight excluding hydrogens is 309 g/mol. The monoisotopic (exact) mass is 322 g/mol. The molecule has 0 spiro atoms. The van der Waals surface area contributed by atoms with Crippen LogP contribution in [0.2, 0.25) is 0 Å². The van der Waals surface area contributed by atoms with Crippen LogP contribution in [0.4, 0.5) is 13.2 Å². The smallest absolute Gasteiger partial charge is 0.392 e. The zero-order valence-electron chi connectivity index (χ0n) is 9.89. The van der Waals surface area contributed by atoms with Gasteiger partial charge >= 0.3 is 6.18 Å². The molecule has 1 aromatic rings. The predicted octanol–water partition coefficient (Wildman–Crippen LogP) is 3.97. The van der Waals surface area contributed by atoms with E-state index >= 15 is 0 Å². The van der Waals surface area contributed by atoms with Gasteiger partial charge in [0, 0.05) is 9.89 Å². The number of aliphatic hydroxyl groups is 1. The van der Waals surface area contributed by atoms with Crippen LogP contribution in [0.3, 0.4) is 0 Å². The number of hydrogen-bond acceptors (Lipinski definition) is 1. The minimum absolute atomic E-state index is 0.243. The maximum Gasteiger partial charge on any atom is 0.393 e. The van der Waals surface area contributed by atoms with Gasteiger partial charge in [-0.25, -0.2) is 0 Å². The molecule has 1 nitrogen and oxygen atoms in total. The van der Waals surface area contributed by atoms with E-state index in [1.54, 1.807) is 19.1 Å². The van der Waals surface area contributed by atoms with Crippen molar-refractivity contribution in [1.82, 2.24) is 0 Å². The van der Waals surface area contributed by atoms with Crippen LogP contribution in [0.15, 0.2) is 22.7 Å². The summed E-state index contributed by atoms with van der Waals surface area (Å²) in [5, 5.41) is 9.80. The Balaban J connectivity index is 2.34. The molecule has 1 unspecified atom stereocenters. The van der Waals surface area contributed by atoms with Crippen molar-refractivity contribution in [3.63, 3.8) is 0 Å². The normalized spacial score (nSPS) is 19.7. The van der Waals surface area contributed by atoms with E-state index in [0.717, 1.165) is 22.9 Å². The third-order valence-electron chi connectivity index (χ3n) is 3.56. The predicted molar refractivity (Wildman–Crippen MR) is 66.5 cm³/mol. The number of benzene rings is 1. The van der Waals surface area contributed by atoms with Gasteiger partial charge in [0.1, 0.15) is 0 Å². The third kappa shape index (κ3) is 2.72. The standard InChI is InChI=1S/C13H14BrF3O/c1-8(18)12(4-5-12)10-6-9(2-3-11(10)14)7-13(15,16)17/h2-3,6,8,18H,4-5,7H2,1H3. The van der Waals surface area contributed by atoms with E-state index in [1.165, 1.54) is 6.07 Å². The Labute approximate surface area is 112 Å². The van der Waals surface area contributed by atoms with E-state index in [4.69, 9.17) is 0 Å². The molecule has 0 amide bonds. The summed E-state index contributed by atoms with van der Waals surface area (Å²) in [6.07, 6.45) is -4.04. The first-order chi connectivity index (χ1) is 8.24. The first-order valence-electron chi connectivity index (χ1n) is 5.78. The molecule has 1 fully saturated rings. The second-order valence-corrected chi connectivity index (χ2v) is 5.79. The van der Waals surface area contributed by atoms with Crippen molar-refractivity contribution in [2.75, 3.05) is 0 Å². The Hall–Kier alpha value is -0.550. The number of hydrogen-bond donors (Lipinski definition) is 1. The van der Waals surface area contributed by atoms with Gasteiger partial charge in [-0.3, -0.25) is 0 Å². The van der Waals surface area contributed by atoms with Crippen LogP contribution in [0.25, 0.3) is 0 Å². The molecule has 1 aliphatic rings. The maximum atomic E-state index is 12.4. The van der Waals surface area contributed by atoms with E-state index in [-0.39, 0.29) is 11.0 Å². The Morgan fingerprint density at radius 2 is 2.00 bits per heavy atom. The van der Waals surface area contributed by atoms with Gasteiger partial charge in [-0.2, -0.15) is 13.2 Å². The van der Waals surface area contributed by atoms with E-state index < -0.39 is 18.7 Å². The number of alkyl halides is 3. The quantitative estimate of drug-likeness (QED) is 0.892. The Morgan fingerprint density at radius 3 is 2.44 bits per heavy atom. The molecule has 0 radical (unpaired) electrons. The molecule has 0 aliphatic heterocycles. The Bertz CT molecular complexity index is 450. The third-order valence-corrected chi connectivity index (χ3v) is 4.25. The molecule has 100 valence electrons. The van der Waals surface area contributed by atoms with E-state index in [2.05, 4.69) is 15.9 Å². The van der Waals surface area contributed by atoms with Crippen LogP contribution in [0, 0.1) is 0 Å². The molecule has 0 aromatic heterocycles. The Morgan fingerprint density at radius 1 is 1.39 bits per heavy atom. The maximum absolute atomic E-state index is 12.4. The lowest BCUT2D eigenvalue weighted by Gasteiger charge is -2.21. The Kier molecular flexibility index (Phi) is 3.49. The van der Waals surface area contributed by atoms with Gasteiger partial charge < -0.3 is 5.11 Å². The lowest BCUT2D eigenvalue weighted by Crippen LogP contribution is -2.23. The molecule has 1 atom stereocenters. The summed E-state index contributed by atoms with van der Waals surface area (Å²) in [5.74, 6) is 0. The molecule has 0 saturated heterocycles. The van der Waals surface area contributed by atoms with Crippen LogP contribution in [-0.4, -0.2) is 17.4 Å². The number of rotatable bonds is 3. The second kappa shape index (κ2) is 4.53. The van der Waals surface area contributed by atoms with Gasteiger partial charge in [-0.05, 0) is 37.0 Å². The van der Waals surface area contributed by atoms with Crippen LogP contribution < -0.4 is 0 Å². The van der Waals surface area contributed by atoms with Gasteiger partial charge in [0.15, 0.2) is 0 Å². The summed E-state index contributed by atoms with van der Waals surface area (Å²) >= 11 is 3.36. The molecule has 1 aromatic carbocycles. The van der Waals surface area contributed by atoms with Crippen LogP contribution in [-0.2, 0) is 11.8 Å². The highest BCUT2D eigenvalue weighted by molar-refractivity contribution is 9.10. The van der Waals surface area contributed by atoms with Gasteiger partial charge in [0.05, 0.1) is 12.5 Å². The van der Waals surface area contributed by atoms with Crippen molar-refractivity contribution in [3.8, 4) is 0 Å². The van der Waals surface area contributed by atoms with Gasteiger partial charge in [0.25, 0.3) is 0 Å². The van der Waals surface area contributed by atoms with E-state index in [9.17, 15) is 18.3 Å². The summed E-state index contributed by atoms with van der Waals surface area (Å²) < 4.78 is 37.9. The second-order valence-electron chi connectivity index (χ2n) is 4.94. The zero-order valence-corrected chi connectivity index (χ0v) is 11.5. The zero-order chi connectivity index (χ0) is 13.6. The molecule has 0 bridgehead atoms. The fourth-order valence-corrected chi connectivity index (χ4v) is 2.98. The minimum Gasteiger partial charge on any atom is -0.392 e. The van der Waals surface area contributed by atoms with Crippen LogP contribution in [0.1, 0.15) is 30.9 Å². The molecule has 1 N–H and O–H groups in total. The summed E-state index contributed by atoms with van der Waals surface area (Å²) in [7, 11) is 0. The molecule has 18 heavy (non-hydrogen) atoms. The highest BCUT2D eigenvalue weighted by Crippen LogP contribution is 2.53. The largest absolute Gasteiger partial charge is 0.393 e. The molecule has 1 saturated carbocycles. The van der Waals surface area contributed by atoms with Gasteiger partial charge in [0.2, 0.25) is 0 Å². The number of halogens is 4. The number of aliphatic hydroxyl groups excluding tert-OH is 1. The fourth-order valence-electron chi connectivity index (χ4n) is 2.34. The lowest BCUT2D eigenvalue weighted by molar-refractivity contribution is -0.127. The minimum atomic E-state index is -4.20. The van der Waals surface area contributed by atoms with Crippen LogP contribution in [0.5, 0.6) is 0 Å². The average Bonchev–Trinajstić information content (AvgIpc) is 2.99. The molecule has 2 rings (SSSR count). The molecule has 5 heteroatoms. The fraction of sp³-hybridized carbons (Fsp3) is 0.538. The van der Waals surface area contributed by atoms with Crippen molar-refractivity contribution in [2.24, 2.45) is 0 Å².